The summed E-state index contributed by atoms with van der Waals surface area (Å²) in [7, 11) is 0. The van der Waals surface area contributed by atoms with Crippen molar-refractivity contribution in [1.29, 1.82) is 0 Å². The first-order valence-corrected chi connectivity index (χ1v) is 3.72. The van der Waals surface area contributed by atoms with Gasteiger partial charge in [0.1, 0.15) is 0 Å². The maximum atomic E-state index is 4.09. The molecule has 0 fully saturated rings. The quantitative estimate of drug-likeness (QED) is 0.439. The van der Waals surface area contributed by atoms with Crippen molar-refractivity contribution in [1.82, 2.24) is 0 Å². The van der Waals surface area contributed by atoms with Crippen molar-refractivity contribution in [3.05, 3.63) is 12.2 Å². The minimum absolute atomic E-state index is 0.847. The van der Waals surface area contributed by atoms with Gasteiger partial charge in [-0.1, -0.05) is 25.5 Å². The van der Waals surface area contributed by atoms with E-state index in [-0.39, 0.29) is 0 Å². The predicted molar refractivity (Wildman–Crippen MR) is 42.5 cm³/mol. The van der Waals surface area contributed by atoms with E-state index < -0.39 is 0 Å². The molecular formula is C7H14S. The largest absolute Gasteiger partial charge is 0.175 e. The molecule has 0 saturated carbocycles. The molecule has 0 rings (SSSR count). The standard InChI is InChI=1S/C7H14S/c1-3-4-5-7(2)6-8/h8H,2-6H2,1H3. The third-order valence-electron chi connectivity index (χ3n) is 1.11. The lowest BCUT2D eigenvalue weighted by Crippen LogP contribution is -1.80. The highest BCUT2D eigenvalue weighted by atomic mass is 32.1. The Hall–Kier alpha value is 0.0900. The first kappa shape index (κ1) is 8.09. The van der Waals surface area contributed by atoms with Crippen molar-refractivity contribution >= 4 is 12.6 Å². The van der Waals surface area contributed by atoms with Crippen LogP contribution in [0.5, 0.6) is 0 Å². The second kappa shape index (κ2) is 5.23. The highest BCUT2D eigenvalue weighted by Crippen LogP contribution is 2.04. The molecule has 8 heavy (non-hydrogen) atoms. The maximum absolute atomic E-state index is 4.09. The summed E-state index contributed by atoms with van der Waals surface area (Å²) in [4.78, 5) is 0. The number of unbranched alkanes of at least 4 members (excludes halogenated alkanes) is 1. The molecular weight excluding hydrogens is 116 g/mol. The van der Waals surface area contributed by atoms with Gasteiger partial charge >= 0.3 is 0 Å². The molecule has 0 aliphatic rings. The van der Waals surface area contributed by atoms with Crippen molar-refractivity contribution in [2.75, 3.05) is 5.75 Å². The lowest BCUT2D eigenvalue weighted by Gasteiger charge is -1.96. The molecule has 48 valence electrons. The molecule has 0 heterocycles. The van der Waals surface area contributed by atoms with Crippen molar-refractivity contribution < 1.29 is 0 Å². The van der Waals surface area contributed by atoms with Crippen LogP contribution in [0, 0.1) is 0 Å². The summed E-state index contributed by atoms with van der Waals surface area (Å²) >= 11 is 4.09. The number of rotatable bonds is 4. The fourth-order valence-corrected chi connectivity index (χ4v) is 0.664. The van der Waals surface area contributed by atoms with E-state index in [0.717, 1.165) is 12.2 Å². The minimum atomic E-state index is 0.847. The number of thiol groups is 1. The molecule has 0 aromatic heterocycles. The van der Waals surface area contributed by atoms with Gasteiger partial charge in [-0.15, -0.1) is 0 Å². The summed E-state index contributed by atoms with van der Waals surface area (Å²) in [6, 6.07) is 0. The van der Waals surface area contributed by atoms with Gasteiger partial charge in [-0.2, -0.15) is 12.6 Å². The molecule has 1 heteroatoms. The van der Waals surface area contributed by atoms with Crippen LogP contribution in [0.25, 0.3) is 0 Å². The van der Waals surface area contributed by atoms with E-state index in [1.807, 2.05) is 0 Å². The summed E-state index contributed by atoms with van der Waals surface area (Å²) in [5, 5.41) is 0. The van der Waals surface area contributed by atoms with Crippen LogP contribution in [0.15, 0.2) is 12.2 Å². The van der Waals surface area contributed by atoms with E-state index >= 15 is 0 Å². The Morgan fingerprint density at radius 2 is 2.25 bits per heavy atom. The van der Waals surface area contributed by atoms with E-state index in [1.165, 1.54) is 18.4 Å². The first-order chi connectivity index (χ1) is 3.81. The Labute approximate surface area is 57.4 Å². The summed E-state index contributed by atoms with van der Waals surface area (Å²) in [5.41, 5.74) is 1.26. The van der Waals surface area contributed by atoms with Gasteiger partial charge < -0.3 is 0 Å². The minimum Gasteiger partial charge on any atom is -0.175 e. The van der Waals surface area contributed by atoms with Gasteiger partial charge in [0.15, 0.2) is 0 Å². The second-order valence-corrected chi connectivity index (χ2v) is 2.33. The van der Waals surface area contributed by atoms with Crippen LogP contribution in [-0.2, 0) is 0 Å². The zero-order valence-electron chi connectivity index (χ0n) is 5.48. The second-order valence-electron chi connectivity index (χ2n) is 2.01. The molecule has 0 N–H and O–H groups in total. The van der Waals surface area contributed by atoms with Crippen LogP contribution in [0.2, 0.25) is 0 Å². The van der Waals surface area contributed by atoms with E-state index in [9.17, 15) is 0 Å². The van der Waals surface area contributed by atoms with Gasteiger partial charge in [-0.3, -0.25) is 0 Å². The van der Waals surface area contributed by atoms with E-state index in [1.54, 1.807) is 0 Å². The maximum Gasteiger partial charge on any atom is 0.0110 e. The Morgan fingerprint density at radius 1 is 1.62 bits per heavy atom. The SMILES string of the molecule is C=C(CS)CCCC. The Bertz CT molecular complexity index is 66.8. The van der Waals surface area contributed by atoms with Crippen LogP contribution in [0.4, 0.5) is 0 Å². The van der Waals surface area contributed by atoms with Gasteiger partial charge in [0.2, 0.25) is 0 Å². The highest BCUT2D eigenvalue weighted by Gasteiger charge is 1.87. The van der Waals surface area contributed by atoms with Crippen LogP contribution >= 0.6 is 12.6 Å². The third-order valence-corrected chi connectivity index (χ3v) is 1.55. The first-order valence-electron chi connectivity index (χ1n) is 3.08. The van der Waals surface area contributed by atoms with Crippen LogP contribution in [0.1, 0.15) is 26.2 Å². The third kappa shape index (κ3) is 4.25. The van der Waals surface area contributed by atoms with Crippen LogP contribution in [0.3, 0.4) is 0 Å². The van der Waals surface area contributed by atoms with Crippen molar-refractivity contribution in [3.63, 3.8) is 0 Å². The molecule has 0 radical (unpaired) electrons. The zero-order valence-corrected chi connectivity index (χ0v) is 6.38. The molecule has 0 atom stereocenters. The molecule has 0 spiro atoms. The molecule has 0 amide bonds. The van der Waals surface area contributed by atoms with Crippen molar-refractivity contribution in [3.8, 4) is 0 Å². The fourth-order valence-electron chi connectivity index (χ4n) is 0.506. The Balaban J connectivity index is 2.99. The summed E-state index contributed by atoms with van der Waals surface area (Å²) in [6.45, 7) is 6.02. The zero-order chi connectivity index (χ0) is 6.41. The summed E-state index contributed by atoms with van der Waals surface area (Å²) < 4.78 is 0. The molecule has 0 aromatic rings. The van der Waals surface area contributed by atoms with Gasteiger partial charge in [0.05, 0.1) is 0 Å². The topological polar surface area (TPSA) is 0 Å². The lowest BCUT2D eigenvalue weighted by atomic mass is 10.1. The Morgan fingerprint density at radius 3 is 2.62 bits per heavy atom. The summed E-state index contributed by atoms with van der Waals surface area (Å²) in [6.07, 6.45) is 3.67. The Kier molecular flexibility index (Phi) is 5.29. The fraction of sp³-hybridized carbons (Fsp3) is 0.714. The van der Waals surface area contributed by atoms with Crippen molar-refractivity contribution in [2.45, 2.75) is 26.2 Å². The van der Waals surface area contributed by atoms with Crippen LogP contribution in [-0.4, -0.2) is 5.75 Å². The molecule has 0 aliphatic heterocycles. The van der Waals surface area contributed by atoms with Gasteiger partial charge in [-0.05, 0) is 12.8 Å². The average Bonchev–Trinajstić information content (AvgIpc) is 1.83. The van der Waals surface area contributed by atoms with Crippen molar-refractivity contribution in [2.24, 2.45) is 0 Å². The molecule has 0 nitrogen and oxygen atoms in total. The number of hydrogen-bond donors (Lipinski definition) is 1. The monoisotopic (exact) mass is 130 g/mol. The van der Waals surface area contributed by atoms with E-state index in [4.69, 9.17) is 0 Å². The number of hydrogen-bond acceptors (Lipinski definition) is 1. The molecule has 0 saturated heterocycles. The van der Waals surface area contributed by atoms with Gasteiger partial charge in [0, 0.05) is 5.75 Å². The van der Waals surface area contributed by atoms with Crippen LogP contribution < -0.4 is 0 Å². The highest BCUT2D eigenvalue weighted by molar-refractivity contribution is 7.80. The average molecular weight is 130 g/mol. The molecule has 0 aliphatic carbocycles. The van der Waals surface area contributed by atoms with E-state index in [2.05, 4.69) is 26.1 Å². The predicted octanol–water partition coefficient (Wildman–Crippen LogP) is 2.66. The van der Waals surface area contributed by atoms with Gasteiger partial charge in [-0.25, -0.2) is 0 Å². The summed E-state index contributed by atoms with van der Waals surface area (Å²) in [5.74, 6) is 0.847. The molecule has 0 unspecified atom stereocenters. The normalized spacial score (nSPS) is 9.25. The molecule has 0 aromatic carbocycles. The van der Waals surface area contributed by atoms with E-state index in [0.29, 0.717) is 0 Å². The smallest absolute Gasteiger partial charge is 0.0110 e. The van der Waals surface area contributed by atoms with Gasteiger partial charge in [0.25, 0.3) is 0 Å². The lowest BCUT2D eigenvalue weighted by molar-refractivity contribution is 0.791. The molecule has 0 bridgehead atoms.